The molecule has 1 aromatic carbocycles. The van der Waals surface area contributed by atoms with Gasteiger partial charge in [0.25, 0.3) is 5.56 Å². The molecule has 33 heavy (non-hydrogen) atoms. The standard InChI is InChI=1S/C25H27N5O3/c1-15-11-17(22-6-4-5-16(2)28-22)7-8-20(15)21-12-18-13-27-25(26-3)29-23(18)30(24(21)33)10-9-19(32)14-31/h4-8,11-13,19,31-32H,9-10,14H2,1-3H3,(H,26,27,29). The third kappa shape index (κ3) is 4.62. The summed E-state index contributed by atoms with van der Waals surface area (Å²) < 4.78 is 1.54. The van der Waals surface area contributed by atoms with Gasteiger partial charge in [-0.2, -0.15) is 4.98 Å². The molecule has 0 aliphatic rings. The number of nitrogens with zero attached hydrogens (tertiary/aromatic N) is 4. The second-order valence-corrected chi connectivity index (χ2v) is 8.06. The molecule has 170 valence electrons. The summed E-state index contributed by atoms with van der Waals surface area (Å²) in [5, 5.41) is 22.7. The van der Waals surface area contributed by atoms with Gasteiger partial charge in [0.05, 0.1) is 18.4 Å². The Morgan fingerprint density at radius 3 is 2.61 bits per heavy atom. The van der Waals surface area contributed by atoms with Crippen molar-refractivity contribution in [2.45, 2.75) is 32.9 Å². The normalized spacial score (nSPS) is 12.2. The van der Waals surface area contributed by atoms with E-state index in [9.17, 15) is 15.0 Å². The number of anilines is 1. The van der Waals surface area contributed by atoms with Gasteiger partial charge in [-0.05, 0) is 55.7 Å². The van der Waals surface area contributed by atoms with Crippen molar-refractivity contribution in [1.82, 2.24) is 19.5 Å². The SMILES string of the molecule is CNc1ncc2cc(-c3ccc(-c4cccc(C)n4)cc3C)c(=O)n(CCC(O)CO)c2n1. The summed E-state index contributed by atoms with van der Waals surface area (Å²) in [7, 11) is 1.71. The lowest BCUT2D eigenvalue weighted by atomic mass is 9.97. The first kappa shape index (κ1) is 22.6. The van der Waals surface area contributed by atoms with Gasteiger partial charge in [0.15, 0.2) is 0 Å². The van der Waals surface area contributed by atoms with Crippen LogP contribution in [0, 0.1) is 13.8 Å². The van der Waals surface area contributed by atoms with Crippen LogP contribution in [-0.4, -0.2) is 49.5 Å². The van der Waals surface area contributed by atoms with E-state index in [1.165, 1.54) is 0 Å². The van der Waals surface area contributed by atoms with Gasteiger partial charge in [-0.1, -0.05) is 18.2 Å². The molecule has 0 aliphatic heterocycles. The Morgan fingerprint density at radius 1 is 1.09 bits per heavy atom. The van der Waals surface area contributed by atoms with Crippen molar-refractivity contribution in [3.8, 4) is 22.4 Å². The highest BCUT2D eigenvalue weighted by molar-refractivity contribution is 5.83. The minimum Gasteiger partial charge on any atom is -0.394 e. The van der Waals surface area contributed by atoms with Gasteiger partial charge in [0, 0.05) is 42.0 Å². The number of benzene rings is 1. The first-order valence-corrected chi connectivity index (χ1v) is 10.8. The van der Waals surface area contributed by atoms with Crippen molar-refractivity contribution in [1.29, 1.82) is 0 Å². The summed E-state index contributed by atoms with van der Waals surface area (Å²) in [5.74, 6) is 0.400. The lowest BCUT2D eigenvalue weighted by Gasteiger charge is -2.15. The van der Waals surface area contributed by atoms with Gasteiger partial charge in [-0.25, -0.2) is 4.98 Å². The van der Waals surface area contributed by atoms with Crippen LogP contribution in [0.1, 0.15) is 17.7 Å². The maximum Gasteiger partial charge on any atom is 0.260 e. The van der Waals surface area contributed by atoms with Crippen molar-refractivity contribution in [2.24, 2.45) is 0 Å². The molecule has 0 spiro atoms. The van der Waals surface area contributed by atoms with Crippen LogP contribution < -0.4 is 10.9 Å². The van der Waals surface area contributed by atoms with Crippen molar-refractivity contribution < 1.29 is 10.2 Å². The Kier molecular flexibility index (Phi) is 6.48. The number of nitrogens with one attached hydrogen (secondary N) is 1. The van der Waals surface area contributed by atoms with E-state index in [-0.39, 0.29) is 25.1 Å². The number of rotatable bonds is 7. The minimum atomic E-state index is -0.913. The van der Waals surface area contributed by atoms with E-state index in [4.69, 9.17) is 0 Å². The summed E-state index contributed by atoms with van der Waals surface area (Å²) >= 11 is 0. The summed E-state index contributed by atoms with van der Waals surface area (Å²) in [6.07, 6.45) is 0.991. The molecule has 8 nitrogen and oxygen atoms in total. The van der Waals surface area contributed by atoms with E-state index in [2.05, 4.69) is 20.3 Å². The Labute approximate surface area is 191 Å². The van der Waals surface area contributed by atoms with Crippen LogP contribution in [-0.2, 0) is 6.54 Å². The molecule has 3 N–H and O–H groups in total. The van der Waals surface area contributed by atoms with Crippen LogP contribution in [0.25, 0.3) is 33.4 Å². The molecule has 0 amide bonds. The average molecular weight is 446 g/mol. The number of pyridine rings is 2. The molecule has 0 saturated heterocycles. The second kappa shape index (κ2) is 9.48. The monoisotopic (exact) mass is 445 g/mol. The predicted molar refractivity (Wildman–Crippen MR) is 129 cm³/mol. The number of aliphatic hydroxyl groups is 2. The van der Waals surface area contributed by atoms with E-state index in [0.29, 0.717) is 22.5 Å². The maximum atomic E-state index is 13.6. The van der Waals surface area contributed by atoms with Crippen LogP contribution >= 0.6 is 0 Å². The van der Waals surface area contributed by atoms with Crippen LogP contribution in [0.5, 0.6) is 0 Å². The molecule has 3 heterocycles. The number of aryl methyl sites for hydroxylation is 3. The zero-order valence-corrected chi connectivity index (χ0v) is 18.9. The molecule has 1 atom stereocenters. The summed E-state index contributed by atoms with van der Waals surface area (Å²) in [5.41, 5.74) is 5.36. The first-order chi connectivity index (χ1) is 15.9. The van der Waals surface area contributed by atoms with Gasteiger partial charge < -0.3 is 15.5 Å². The summed E-state index contributed by atoms with van der Waals surface area (Å²) in [6.45, 7) is 3.78. The van der Waals surface area contributed by atoms with E-state index in [0.717, 1.165) is 28.1 Å². The predicted octanol–water partition coefficient (Wildman–Crippen LogP) is 2.92. The number of aromatic nitrogens is 4. The van der Waals surface area contributed by atoms with Gasteiger partial charge in [0.1, 0.15) is 5.65 Å². The Bertz CT molecular complexity index is 1370. The third-order valence-electron chi connectivity index (χ3n) is 5.65. The van der Waals surface area contributed by atoms with Crippen LogP contribution in [0.2, 0.25) is 0 Å². The molecule has 0 fully saturated rings. The number of hydrogen-bond donors (Lipinski definition) is 3. The Morgan fingerprint density at radius 2 is 1.91 bits per heavy atom. The summed E-state index contributed by atoms with van der Waals surface area (Å²) in [4.78, 5) is 26.9. The molecular weight excluding hydrogens is 418 g/mol. The smallest absolute Gasteiger partial charge is 0.260 e. The lowest BCUT2D eigenvalue weighted by Crippen LogP contribution is -2.26. The molecule has 0 saturated carbocycles. The van der Waals surface area contributed by atoms with Gasteiger partial charge in [-0.3, -0.25) is 14.3 Å². The highest BCUT2D eigenvalue weighted by Crippen LogP contribution is 2.28. The molecular formula is C25H27N5O3. The quantitative estimate of drug-likeness (QED) is 0.401. The summed E-state index contributed by atoms with van der Waals surface area (Å²) in [6, 6.07) is 13.6. The zero-order valence-electron chi connectivity index (χ0n) is 18.9. The molecule has 8 heteroatoms. The fourth-order valence-corrected chi connectivity index (χ4v) is 3.88. The average Bonchev–Trinajstić information content (AvgIpc) is 2.82. The highest BCUT2D eigenvalue weighted by Gasteiger charge is 2.16. The molecule has 0 bridgehead atoms. The van der Waals surface area contributed by atoms with Gasteiger partial charge >= 0.3 is 0 Å². The maximum absolute atomic E-state index is 13.6. The molecule has 4 aromatic rings. The van der Waals surface area contributed by atoms with Crippen LogP contribution in [0.3, 0.4) is 0 Å². The molecule has 3 aromatic heterocycles. The Hall–Kier alpha value is -3.62. The fourth-order valence-electron chi connectivity index (χ4n) is 3.88. The topological polar surface area (TPSA) is 113 Å². The van der Waals surface area contributed by atoms with E-state index >= 15 is 0 Å². The van der Waals surface area contributed by atoms with Gasteiger partial charge in [-0.15, -0.1) is 0 Å². The van der Waals surface area contributed by atoms with E-state index in [1.807, 2.05) is 56.3 Å². The fraction of sp³-hybridized carbons (Fsp3) is 0.280. The molecule has 0 aliphatic carbocycles. The van der Waals surface area contributed by atoms with E-state index < -0.39 is 6.10 Å². The van der Waals surface area contributed by atoms with Crippen molar-refractivity contribution >= 4 is 17.0 Å². The largest absolute Gasteiger partial charge is 0.394 e. The number of fused-ring (bicyclic) bond motifs is 1. The minimum absolute atomic E-state index is 0.210. The zero-order chi connectivity index (χ0) is 23.5. The van der Waals surface area contributed by atoms with Crippen molar-refractivity contribution in [3.05, 3.63) is 70.3 Å². The number of aliphatic hydroxyl groups excluding tert-OH is 2. The molecule has 4 rings (SSSR count). The number of hydrogen-bond acceptors (Lipinski definition) is 7. The Balaban J connectivity index is 1.85. The molecule has 1 unspecified atom stereocenters. The van der Waals surface area contributed by atoms with Crippen molar-refractivity contribution in [3.63, 3.8) is 0 Å². The lowest BCUT2D eigenvalue weighted by molar-refractivity contribution is 0.0847. The van der Waals surface area contributed by atoms with Gasteiger partial charge in [0.2, 0.25) is 5.95 Å². The van der Waals surface area contributed by atoms with E-state index in [1.54, 1.807) is 17.8 Å². The van der Waals surface area contributed by atoms with Crippen LogP contribution in [0.15, 0.2) is 53.5 Å². The highest BCUT2D eigenvalue weighted by atomic mass is 16.3. The second-order valence-electron chi connectivity index (χ2n) is 8.06. The molecule has 0 radical (unpaired) electrons. The first-order valence-electron chi connectivity index (χ1n) is 10.8. The van der Waals surface area contributed by atoms with Crippen LogP contribution in [0.4, 0.5) is 5.95 Å². The third-order valence-corrected chi connectivity index (χ3v) is 5.65. The van der Waals surface area contributed by atoms with Crippen molar-refractivity contribution in [2.75, 3.05) is 19.0 Å².